The fraction of sp³-hybridized carbons (Fsp3) is 0.417. The number of para-hydroxylation sites is 2. The van der Waals surface area contributed by atoms with Gasteiger partial charge in [-0.1, -0.05) is 23.7 Å². The van der Waals surface area contributed by atoms with Crippen molar-refractivity contribution < 1.29 is 19.1 Å². The second-order valence-corrected chi connectivity index (χ2v) is 8.43. The smallest absolute Gasteiger partial charge is 0.265 e. The second kappa shape index (κ2) is 10.6. The van der Waals surface area contributed by atoms with Gasteiger partial charge in [-0.3, -0.25) is 9.59 Å². The fourth-order valence-electron chi connectivity index (χ4n) is 4.02. The van der Waals surface area contributed by atoms with Gasteiger partial charge in [0.25, 0.3) is 5.91 Å². The van der Waals surface area contributed by atoms with Crippen molar-refractivity contribution in [1.29, 1.82) is 0 Å². The average molecular weight is 458 g/mol. The summed E-state index contributed by atoms with van der Waals surface area (Å²) in [5, 5.41) is 3.53. The van der Waals surface area contributed by atoms with Crippen molar-refractivity contribution in [2.24, 2.45) is 0 Å². The lowest BCUT2D eigenvalue weighted by Gasteiger charge is -2.38. The summed E-state index contributed by atoms with van der Waals surface area (Å²) in [4.78, 5) is 29.4. The van der Waals surface area contributed by atoms with Gasteiger partial charge >= 0.3 is 0 Å². The monoisotopic (exact) mass is 457 g/mol. The topological polar surface area (TPSA) is 71.1 Å². The van der Waals surface area contributed by atoms with Crippen LogP contribution < -0.4 is 19.7 Å². The first-order valence-corrected chi connectivity index (χ1v) is 11.4. The maximum Gasteiger partial charge on any atom is 0.265 e. The molecule has 32 heavy (non-hydrogen) atoms. The highest BCUT2D eigenvalue weighted by Gasteiger charge is 2.34. The van der Waals surface area contributed by atoms with Crippen LogP contribution in [0.25, 0.3) is 0 Å². The van der Waals surface area contributed by atoms with Crippen LogP contribution in [0.5, 0.6) is 11.5 Å². The molecule has 0 aromatic heterocycles. The summed E-state index contributed by atoms with van der Waals surface area (Å²) in [5.41, 5.74) is 0.822. The number of amides is 2. The number of halogens is 1. The number of anilines is 1. The van der Waals surface area contributed by atoms with Crippen molar-refractivity contribution in [3.8, 4) is 11.5 Å². The quantitative estimate of drug-likeness (QED) is 0.647. The Morgan fingerprint density at radius 1 is 1.06 bits per heavy atom. The molecular formula is C24H28ClN3O4. The molecule has 4 rings (SSSR count). The molecule has 1 fully saturated rings. The van der Waals surface area contributed by atoms with Gasteiger partial charge in [0.2, 0.25) is 5.91 Å². The van der Waals surface area contributed by atoms with Gasteiger partial charge in [0.05, 0.1) is 25.3 Å². The molecule has 1 atom stereocenters. The van der Waals surface area contributed by atoms with Gasteiger partial charge in [0.15, 0.2) is 6.10 Å². The fourth-order valence-corrected chi connectivity index (χ4v) is 4.15. The molecule has 2 amide bonds. The highest BCUT2D eigenvalue weighted by atomic mass is 35.5. The lowest BCUT2D eigenvalue weighted by atomic mass is 10.1. The third-order valence-electron chi connectivity index (χ3n) is 5.65. The molecule has 0 saturated carbocycles. The van der Waals surface area contributed by atoms with E-state index in [0.717, 1.165) is 38.0 Å². The summed E-state index contributed by atoms with van der Waals surface area (Å²) >= 11 is 5.87. The van der Waals surface area contributed by atoms with Crippen LogP contribution in [-0.2, 0) is 9.59 Å². The van der Waals surface area contributed by atoms with Crippen molar-refractivity contribution in [3.63, 3.8) is 0 Å². The maximum atomic E-state index is 13.0. The first-order chi connectivity index (χ1) is 15.6. The normalized spacial score (nSPS) is 17.8. The van der Waals surface area contributed by atoms with Crippen LogP contribution in [0.15, 0.2) is 48.5 Å². The Hall–Kier alpha value is -2.93. The third kappa shape index (κ3) is 5.65. The molecule has 8 heteroatoms. The van der Waals surface area contributed by atoms with Crippen molar-refractivity contribution >= 4 is 29.1 Å². The van der Waals surface area contributed by atoms with Gasteiger partial charge in [0.1, 0.15) is 18.1 Å². The van der Waals surface area contributed by atoms with Crippen LogP contribution >= 0.6 is 11.6 Å². The van der Waals surface area contributed by atoms with E-state index in [1.165, 1.54) is 0 Å². The summed E-state index contributed by atoms with van der Waals surface area (Å²) < 4.78 is 11.6. The molecule has 170 valence electrons. The van der Waals surface area contributed by atoms with Crippen molar-refractivity contribution in [2.45, 2.75) is 25.4 Å². The van der Waals surface area contributed by atoms with Crippen molar-refractivity contribution in [2.75, 3.05) is 44.2 Å². The number of likely N-dealkylation sites (tertiary alicyclic amines) is 1. The van der Waals surface area contributed by atoms with Crippen molar-refractivity contribution in [3.05, 3.63) is 53.6 Å². The van der Waals surface area contributed by atoms with Gasteiger partial charge in [-0.15, -0.1) is 0 Å². The van der Waals surface area contributed by atoms with Gasteiger partial charge in [-0.2, -0.15) is 0 Å². The van der Waals surface area contributed by atoms with E-state index in [1.54, 1.807) is 24.3 Å². The van der Waals surface area contributed by atoms with Crippen LogP contribution in [-0.4, -0.2) is 62.1 Å². The Balaban J connectivity index is 1.32. The van der Waals surface area contributed by atoms with E-state index < -0.39 is 6.10 Å². The molecule has 2 aromatic carbocycles. The number of benzene rings is 2. The number of hydrogen-bond donors (Lipinski definition) is 1. The number of ether oxygens (including phenoxy) is 2. The number of carbonyl (C=O) groups is 2. The molecule has 0 spiro atoms. The predicted molar refractivity (Wildman–Crippen MR) is 123 cm³/mol. The van der Waals surface area contributed by atoms with E-state index in [4.69, 9.17) is 21.1 Å². The summed E-state index contributed by atoms with van der Waals surface area (Å²) in [6.45, 7) is 2.77. The van der Waals surface area contributed by atoms with Gasteiger partial charge in [-0.05, 0) is 55.7 Å². The molecule has 1 N–H and O–H groups in total. The minimum absolute atomic E-state index is 0.000903. The number of hydrogen-bond acceptors (Lipinski definition) is 5. The molecular weight excluding hydrogens is 430 g/mol. The predicted octanol–water partition coefficient (Wildman–Crippen LogP) is 3.12. The number of rotatable bonds is 7. The number of carbonyl (C=O) groups excluding carboxylic acids is 2. The SMILES string of the molecule is O=C(CN1CC(C(=O)N2CCCCC2)Oc2ccccc21)NCCOc1ccc(Cl)cc1. The number of nitrogens with one attached hydrogen (secondary N) is 1. The van der Waals surface area contributed by atoms with Crippen LogP contribution in [0.2, 0.25) is 5.02 Å². The summed E-state index contributed by atoms with van der Waals surface area (Å²) in [7, 11) is 0. The molecule has 2 aliphatic rings. The van der Waals surface area contributed by atoms with Crippen LogP contribution in [0, 0.1) is 0 Å². The number of fused-ring (bicyclic) bond motifs is 1. The molecule has 1 unspecified atom stereocenters. The molecule has 0 aliphatic carbocycles. The minimum atomic E-state index is -0.607. The molecule has 2 heterocycles. The van der Waals surface area contributed by atoms with Crippen LogP contribution in [0.4, 0.5) is 5.69 Å². The minimum Gasteiger partial charge on any atom is -0.492 e. The Kier molecular flexibility index (Phi) is 7.37. The number of nitrogens with zero attached hydrogens (tertiary/aromatic N) is 2. The largest absolute Gasteiger partial charge is 0.492 e. The molecule has 0 radical (unpaired) electrons. The Morgan fingerprint density at radius 3 is 2.59 bits per heavy atom. The van der Waals surface area contributed by atoms with Crippen LogP contribution in [0.1, 0.15) is 19.3 Å². The van der Waals surface area contributed by atoms with E-state index in [2.05, 4.69) is 5.32 Å². The lowest BCUT2D eigenvalue weighted by molar-refractivity contribution is -0.139. The zero-order chi connectivity index (χ0) is 22.3. The van der Waals surface area contributed by atoms with Crippen molar-refractivity contribution in [1.82, 2.24) is 10.2 Å². The first-order valence-electron chi connectivity index (χ1n) is 11.0. The number of piperidine rings is 1. The van der Waals surface area contributed by atoms with E-state index in [0.29, 0.717) is 36.2 Å². The molecule has 0 bridgehead atoms. The molecule has 2 aromatic rings. The summed E-state index contributed by atoms with van der Waals surface area (Å²) in [6, 6.07) is 14.6. The zero-order valence-corrected chi connectivity index (χ0v) is 18.7. The zero-order valence-electron chi connectivity index (χ0n) is 18.0. The van der Waals surface area contributed by atoms with E-state index in [-0.39, 0.29) is 18.4 Å². The Morgan fingerprint density at radius 2 is 1.81 bits per heavy atom. The average Bonchev–Trinajstić information content (AvgIpc) is 2.83. The van der Waals surface area contributed by atoms with Gasteiger partial charge in [-0.25, -0.2) is 0 Å². The highest BCUT2D eigenvalue weighted by molar-refractivity contribution is 6.30. The summed E-state index contributed by atoms with van der Waals surface area (Å²) in [5.74, 6) is 1.20. The first kappa shape index (κ1) is 22.3. The van der Waals surface area contributed by atoms with Gasteiger partial charge in [0, 0.05) is 18.1 Å². The van der Waals surface area contributed by atoms with Gasteiger partial charge < -0.3 is 24.6 Å². The Labute approximate surface area is 193 Å². The highest BCUT2D eigenvalue weighted by Crippen LogP contribution is 2.33. The standard InChI is InChI=1S/C24H28ClN3O4/c25-18-8-10-19(11-9-18)31-15-12-26-23(29)17-28-16-22(24(30)27-13-4-1-5-14-27)32-21-7-3-2-6-20(21)28/h2-3,6-11,22H,1,4-5,12-17H2,(H,26,29). The molecule has 1 saturated heterocycles. The van der Waals surface area contributed by atoms with E-state index >= 15 is 0 Å². The molecule has 7 nitrogen and oxygen atoms in total. The third-order valence-corrected chi connectivity index (χ3v) is 5.90. The Bertz CT molecular complexity index is 931. The van der Waals surface area contributed by atoms with E-state index in [9.17, 15) is 9.59 Å². The van der Waals surface area contributed by atoms with E-state index in [1.807, 2.05) is 34.1 Å². The lowest BCUT2D eigenvalue weighted by Crippen LogP contribution is -2.53. The van der Waals surface area contributed by atoms with Crippen LogP contribution in [0.3, 0.4) is 0 Å². The molecule has 2 aliphatic heterocycles. The maximum absolute atomic E-state index is 13.0. The summed E-state index contributed by atoms with van der Waals surface area (Å²) in [6.07, 6.45) is 2.61. The second-order valence-electron chi connectivity index (χ2n) is 7.99.